The summed E-state index contributed by atoms with van der Waals surface area (Å²) in [5, 5.41) is 3.22. The number of nitrogens with zero attached hydrogens (tertiary/aromatic N) is 1. The minimum atomic E-state index is -0.280. The molecule has 0 saturated heterocycles. The van der Waals surface area contributed by atoms with Gasteiger partial charge in [0.15, 0.2) is 5.43 Å². The summed E-state index contributed by atoms with van der Waals surface area (Å²) >= 11 is 6.06. The Morgan fingerprint density at radius 2 is 2.05 bits per heavy atom. The lowest BCUT2D eigenvalue weighted by Gasteiger charge is -2.14. The molecule has 108 valence electrons. The molecule has 2 aromatic carbocycles. The number of rotatable bonds is 1. The Bertz CT molecular complexity index is 1000. The number of halogens is 1. The number of benzene rings is 2. The second-order valence-corrected chi connectivity index (χ2v) is 5.80. The topological polar surface area (TPSA) is 42.6 Å². The van der Waals surface area contributed by atoms with Crippen molar-refractivity contribution in [2.24, 2.45) is 4.99 Å². The maximum atomic E-state index is 13.0. The number of dihydropyridines is 1. The first-order chi connectivity index (χ1) is 10.7. The van der Waals surface area contributed by atoms with E-state index in [0.29, 0.717) is 28.0 Å². The molecule has 0 amide bonds. The molecule has 0 radical (unpaired) electrons. The summed E-state index contributed by atoms with van der Waals surface area (Å²) in [5.41, 5.74) is 1.10. The van der Waals surface area contributed by atoms with Crippen LogP contribution in [0.1, 0.15) is 18.0 Å². The largest absolute Gasteiger partial charge is 0.464 e. The van der Waals surface area contributed by atoms with Gasteiger partial charge >= 0.3 is 0 Å². The van der Waals surface area contributed by atoms with Gasteiger partial charge in [0, 0.05) is 17.7 Å². The number of hydrogen-bond donors (Lipinski definition) is 0. The zero-order valence-corrected chi connectivity index (χ0v) is 12.4. The fourth-order valence-corrected chi connectivity index (χ4v) is 3.06. The predicted octanol–water partition coefficient (Wildman–Crippen LogP) is 4.58. The van der Waals surface area contributed by atoms with Crippen LogP contribution >= 0.6 is 11.6 Å². The second kappa shape index (κ2) is 5.11. The van der Waals surface area contributed by atoms with E-state index in [0.717, 1.165) is 10.8 Å². The third-order valence-corrected chi connectivity index (χ3v) is 4.24. The van der Waals surface area contributed by atoms with Crippen LogP contribution in [-0.2, 0) is 0 Å². The van der Waals surface area contributed by atoms with Crippen molar-refractivity contribution < 1.29 is 4.42 Å². The van der Waals surface area contributed by atoms with Crippen LogP contribution in [0.5, 0.6) is 0 Å². The molecule has 1 aliphatic rings. The van der Waals surface area contributed by atoms with Gasteiger partial charge in [-0.25, -0.2) is 0 Å². The highest BCUT2D eigenvalue weighted by Crippen LogP contribution is 2.30. The summed E-state index contributed by atoms with van der Waals surface area (Å²) < 4.78 is 5.68. The Hall–Kier alpha value is -2.39. The van der Waals surface area contributed by atoms with Gasteiger partial charge in [-0.2, -0.15) is 0 Å². The lowest BCUT2D eigenvalue weighted by atomic mass is 9.99. The Morgan fingerprint density at radius 1 is 1.18 bits per heavy atom. The molecule has 1 aliphatic heterocycles. The van der Waals surface area contributed by atoms with E-state index >= 15 is 0 Å². The van der Waals surface area contributed by atoms with Crippen LogP contribution in [0, 0.1) is 0 Å². The highest BCUT2D eigenvalue weighted by molar-refractivity contribution is 6.30. The summed E-state index contributed by atoms with van der Waals surface area (Å²) in [6.45, 7) is 0. The van der Waals surface area contributed by atoms with E-state index in [2.05, 4.69) is 4.99 Å². The second-order valence-electron chi connectivity index (χ2n) is 5.31. The molecule has 3 nitrogen and oxygen atoms in total. The normalized spacial score (nSPS) is 17.9. The van der Waals surface area contributed by atoms with Gasteiger partial charge in [0.25, 0.3) is 0 Å². The standard InChI is InChI=1S/C18H12ClNO2/c19-12-7-8-20-15(9-12)14-10-22-16-6-5-11-3-1-2-4-13(11)17(16)18(14)21/h1-8,10,15H,9H2. The van der Waals surface area contributed by atoms with Crippen LogP contribution in [0.25, 0.3) is 21.7 Å². The average Bonchev–Trinajstić information content (AvgIpc) is 2.55. The molecule has 0 bridgehead atoms. The molecule has 0 aliphatic carbocycles. The third-order valence-electron chi connectivity index (χ3n) is 3.96. The Morgan fingerprint density at radius 3 is 2.91 bits per heavy atom. The summed E-state index contributed by atoms with van der Waals surface area (Å²) in [4.78, 5) is 17.3. The monoisotopic (exact) mass is 309 g/mol. The van der Waals surface area contributed by atoms with Crippen molar-refractivity contribution >= 4 is 39.6 Å². The molecule has 3 aromatic rings. The molecule has 4 rings (SSSR count). The average molecular weight is 310 g/mol. The van der Waals surface area contributed by atoms with Crippen LogP contribution in [0.3, 0.4) is 0 Å². The minimum Gasteiger partial charge on any atom is -0.464 e. The summed E-state index contributed by atoms with van der Waals surface area (Å²) in [6, 6.07) is 11.3. The molecule has 1 unspecified atom stereocenters. The Labute approximate surface area is 131 Å². The molecule has 0 N–H and O–H groups in total. The maximum Gasteiger partial charge on any atom is 0.198 e. The van der Waals surface area contributed by atoms with Crippen molar-refractivity contribution in [1.82, 2.24) is 0 Å². The van der Waals surface area contributed by atoms with Crippen molar-refractivity contribution in [2.75, 3.05) is 0 Å². The smallest absolute Gasteiger partial charge is 0.198 e. The first kappa shape index (κ1) is 13.3. The molecule has 0 saturated carbocycles. The van der Waals surface area contributed by atoms with Crippen molar-refractivity contribution in [2.45, 2.75) is 12.5 Å². The Kier molecular flexibility index (Phi) is 3.09. The van der Waals surface area contributed by atoms with Crippen LogP contribution in [0.4, 0.5) is 0 Å². The van der Waals surface area contributed by atoms with Crippen molar-refractivity contribution in [3.63, 3.8) is 0 Å². The molecule has 4 heteroatoms. The number of allylic oxidation sites excluding steroid dienone is 1. The number of aliphatic imine (C=N–C) groups is 1. The van der Waals surface area contributed by atoms with Gasteiger partial charge < -0.3 is 4.42 Å². The van der Waals surface area contributed by atoms with E-state index in [4.69, 9.17) is 16.0 Å². The third kappa shape index (κ3) is 2.06. The van der Waals surface area contributed by atoms with E-state index in [9.17, 15) is 4.79 Å². The number of fused-ring (bicyclic) bond motifs is 3. The van der Waals surface area contributed by atoms with Gasteiger partial charge in [0.1, 0.15) is 11.8 Å². The highest BCUT2D eigenvalue weighted by atomic mass is 35.5. The first-order valence-electron chi connectivity index (χ1n) is 7.05. The molecule has 1 aromatic heterocycles. The molecular weight excluding hydrogens is 298 g/mol. The van der Waals surface area contributed by atoms with Gasteiger partial charge in [0.05, 0.1) is 17.0 Å². The lowest BCUT2D eigenvalue weighted by Crippen LogP contribution is -2.14. The Balaban J connectivity index is 2.01. The van der Waals surface area contributed by atoms with Crippen LogP contribution in [-0.4, -0.2) is 6.21 Å². The zero-order chi connectivity index (χ0) is 15.1. The SMILES string of the molecule is O=c1c(C2CC(Cl)=CC=N2)coc2ccc3ccccc3c12. The van der Waals surface area contributed by atoms with E-state index in [1.54, 1.807) is 12.3 Å². The predicted molar refractivity (Wildman–Crippen MR) is 89.8 cm³/mol. The van der Waals surface area contributed by atoms with E-state index in [1.165, 1.54) is 6.26 Å². The maximum absolute atomic E-state index is 13.0. The van der Waals surface area contributed by atoms with Gasteiger partial charge in [-0.15, -0.1) is 0 Å². The molecule has 0 fully saturated rings. The van der Waals surface area contributed by atoms with E-state index < -0.39 is 0 Å². The molecule has 1 atom stereocenters. The molecule has 0 spiro atoms. The van der Waals surface area contributed by atoms with Gasteiger partial charge in [-0.3, -0.25) is 9.79 Å². The zero-order valence-electron chi connectivity index (χ0n) is 11.6. The van der Waals surface area contributed by atoms with Crippen LogP contribution < -0.4 is 5.43 Å². The van der Waals surface area contributed by atoms with Crippen molar-refractivity contribution in [1.29, 1.82) is 0 Å². The molecule has 22 heavy (non-hydrogen) atoms. The van der Waals surface area contributed by atoms with E-state index in [-0.39, 0.29) is 11.5 Å². The summed E-state index contributed by atoms with van der Waals surface area (Å²) in [7, 11) is 0. The minimum absolute atomic E-state index is 0.0356. The molecular formula is C18H12ClNO2. The fraction of sp³-hybridized carbons (Fsp3) is 0.111. The summed E-state index contributed by atoms with van der Waals surface area (Å²) in [6.07, 6.45) is 5.43. The number of hydrogen-bond acceptors (Lipinski definition) is 3. The van der Waals surface area contributed by atoms with Crippen molar-refractivity contribution in [3.8, 4) is 0 Å². The van der Waals surface area contributed by atoms with Gasteiger partial charge in [-0.1, -0.05) is 41.9 Å². The van der Waals surface area contributed by atoms with Crippen LogP contribution in [0.15, 0.2) is 68.0 Å². The van der Waals surface area contributed by atoms with Crippen molar-refractivity contribution in [3.05, 3.63) is 69.6 Å². The highest BCUT2D eigenvalue weighted by Gasteiger charge is 2.20. The fourth-order valence-electron chi connectivity index (χ4n) is 2.86. The summed E-state index contributed by atoms with van der Waals surface area (Å²) in [5.74, 6) is 0. The van der Waals surface area contributed by atoms with Crippen LogP contribution in [0.2, 0.25) is 0 Å². The van der Waals surface area contributed by atoms with Gasteiger partial charge in [0.2, 0.25) is 0 Å². The van der Waals surface area contributed by atoms with Gasteiger partial charge in [-0.05, 0) is 22.9 Å². The first-order valence-corrected chi connectivity index (χ1v) is 7.43. The lowest BCUT2D eigenvalue weighted by molar-refractivity contribution is 0.577. The molecule has 2 heterocycles. The van der Waals surface area contributed by atoms with E-state index in [1.807, 2.05) is 36.4 Å². The quantitative estimate of drug-likeness (QED) is 0.617.